The molecule has 0 unspecified atom stereocenters. The maximum atomic E-state index is 12.4. The van der Waals surface area contributed by atoms with Gasteiger partial charge in [0.05, 0.1) is 17.7 Å². The monoisotopic (exact) mass is 442 g/mol. The van der Waals surface area contributed by atoms with E-state index in [4.69, 9.17) is 20.2 Å². The summed E-state index contributed by atoms with van der Waals surface area (Å²) in [5.41, 5.74) is 10.4. The molecule has 0 bridgehead atoms. The number of ether oxygens (including phenoxy) is 2. The molecule has 1 aromatic heterocycles. The molecule has 0 saturated carbocycles. The topological polar surface area (TPSA) is 94.7 Å². The smallest absolute Gasteiger partial charge is 0.337 e. The first kappa shape index (κ1) is 21.2. The highest BCUT2D eigenvalue weighted by Crippen LogP contribution is 2.44. The molecule has 5 rings (SSSR count). The molecule has 3 N–H and O–H groups in total. The Morgan fingerprint density at radius 1 is 1.12 bits per heavy atom. The molecule has 1 aliphatic rings. The van der Waals surface area contributed by atoms with E-state index in [9.17, 15) is 9.90 Å². The number of hydrogen-bond acceptors (Lipinski definition) is 5. The van der Waals surface area contributed by atoms with E-state index in [0.717, 1.165) is 45.0 Å². The minimum atomic E-state index is -1.16. The third-order valence-electron chi connectivity index (χ3n) is 5.94. The summed E-state index contributed by atoms with van der Waals surface area (Å²) < 4.78 is 11.9. The van der Waals surface area contributed by atoms with Crippen LogP contribution in [0.25, 0.3) is 32.8 Å². The zero-order chi connectivity index (χ0) is 23.3. The number of carboxylic acids is 1. The fraction of sp³-hybridized carbons (Fsp3) is 0.259. The lowest BCUT2D eigenvalue weighted by Crippen LogP contribution is -2.27. The molecule has 4 aromatic rings. The molecule has 1 aliphatic heterocycles. The van der Waals surface area contributed by atoms with E-state index in [-0.39, 0.29) is 0 Å². The highest BCUT2D eigenvalue weighted by Gasteiger charge is 2.31. The number of fused-ring (bicyclic) bond motifs is 1. The fourth-order valence-electron chi connectivity index (χ4n) is 4.62. The number of rotatable bonds is 4. The van der Waals surface area contributed by atoms with Gasteiger partial charge in [-0.05, 0) is 61.5 Å². The van der Waals surface area contributed by atoms with Gasteiger partial charge in [0.15, 0.2) is 6.10 Å². The first-order valence-electron chi connectivity index (χ1n) is 11.0. The Labute approximate surface area is 192 Å². The van der Waals surface area contributed by atoms with Gasteiger partial charge in [-0.25, -0.2) is 4.79 Å². The minimum Gasteiger partial charge on any atom is -0.493 e. The first-order valence-corrected chi connectivity index (χ1v) is 11.0. The van der Waals surface area contributed by atoms with Crippen molar-refractivity contribution in [3.8, 4) is 16.9 Å². The first-order chi connectivity index (χ1) is 15.7. The number of nitrogen functional groups attached to an aromatic ring is 1. The highest BCUT2D eigenvalue weighted by atomic mass is 16.5. The van der Waals surface area contributed by atoms with Crippen LogP contribution in [0.15, 0.2) is 54.7 Å². The number of anilines is 1. The molecule has 6 heteroatoms. The molecule has 0 spiro atoms. The molecule has 2 heterocycles. The quantitative estimate of drug-likeness (QED) is 0.405. The standard InChI is InChI=1S/C27H26N2O4/c1-27(2,3)33-25(26(30)31)19-8-7-16-17(5-4-6-20(16)28)23(19)18-9-10-21-22-15(12-14-32-21)11-13-29-24(18)22/h4-11,13,25H,12,14,28H2,1-3H3,(H,30,31)/t25-/m0/s1. The van der Waals surface area contributed by atoms with Crippen LogP contribution in [0.3, 0.4) is 0 Å². The van der Waals surface area contributed by atoms with Crippen molar-refractivity contribution in [2.24, 2.45) is 0 Å². The van der Waals surface area contributed by atoms with Crippen LogP contribution in [0, 0.1) is 0 Å². The van der Waals surface area contributed by atoms with Crippen molar-refractivity contribution < 1.29 is 19.4 Å². The van der Waals surface area contributed by atoms with Crippen LogP contribution in [-0.2, 0) is 16.0 Å². The third-order valence-corrected chi connectivity index (χ3v) is 5.94. The minimum absolute atomic E-state index is 0.565. The Hall–Kier alpha value is -3.64. The van der Waals surface area contributed by atoms with E-state index in [0.29, 0.717) is 17.9 Å². The van der Waals surface area contributed by atoms with Crippen LogP contribution in [0.4, 0.5) is 5.69 Å². The molecule has 168 valence electrons. The van der Waals surface area contributed by atoms with Crippen molar-refractivity contribution in [1.82, 2.24) is 4.98 Å². The Morgan fingerprint density at radius 2 is 1.94 bits per heavy atom. The lowest BCUT2D eigenvalue weighted by molar-refractivity contribution is -0.160. The summed E-state index contributed by atoms with van der Waals surface area (Å²) in [7, 11) is 0. The van der Waals surface area contributed by atoms with Crippen molar-refractivity contribution in [2.75, 3.05) is 12.3 Å². The number of pyridine rings is 1. The molecule has 1 atom stereocenters. The predicted octanol–water partition coefficient (Wildman–Crippen LogP) is 5.51. The van der Waals surface area contributed by atoms with Gasteiger partial charge in [0.1, 0.15) is 5.75 Å². The number of nitrogens with two attached hydrogens (primary N) is 1. The zero-order valence-corrected chi connectivity index (χ0v) is 18.9. The summed E-state index contributed by atoms with van der Waals surface area (Å²) in [6.45, 7) is 6.18. The highest BCUT2D eigenvalue weighted by molar-refractivity contribution is 6.10. The molecule has 3 aromatic carbocycles. The third kappa shape index (κ3) is 3.66. The lowest BCUT2D eigenvalue weighted by Gasteiger charge is -2.28. The number of aliphatic carboxylic acids is 1. The second kappa shape index (κ2) is 7.74. The van der Waals surface area contributed by atoms with Gasteiger partial charge in [-0.3, -0.25) is 4.98 Å². The summed E-state index contributed by atoms with van der Waals surface area (Å²) in [6, 6.07) is 15.3. The van der Waals surface area contributed by atoms with Crippen molar-refractivity contribution in [3.05, 3.63) is 65.9 Å². The Kier molecular flexibility index (Phi) is 4.98. The van der Waals surface area contributed by atoms with Gasteiger partial charge in [-0.2, -0.15) is 0 Å². The molecular formula is C27H26N2O4. The van der Waals surface area contributed by atoms with Crippen molar-refractivity contribution in [3.63, 3.8) is 0 Å². The van der Waals surface area contributed by atoms with Gasteiger partial charge >= 0.3 is 5.97 Å². The summed E-state index contributed by atoms with van der Waals surface area (Å²) in [4.78, 5) is 17.1. The summed E-state index contributed by atoms with van der Waals surface area (Å²) >= 11 is 0. The maximum Gasteiger partial charge on any atom is 0.337 e. The molecular weight excluding hydrogens is 416 g/mol. The van der Waals surface area contributed by atoms with Crippen molar-refractivity contribution in [1.29, 1.82) is 0 Å². The predicted molar refractivity (Wildman–Crippen MR) is 130 cm³/mol. The van der Waals surface area contributed by atoms with Crippen LogP contribution >= 0.6 is 0 Å². The van der Waals surface area contributed by atoms with E-state index >= 15 is 0 Å². The van der Waals surface area contributed by atoms with Crippen molar-refractivity contribution >= 4 is 33.3 Å². The van der Waals surface area contributed by atoms with Crippen LogP contribution in [-0.4, -0.2) is 28.3 Å². The largest absolute Gasteiger partial charge is 0.493 e. The van der Waals surface area contributed by atoms with Gasteiger partial charge in [-0.15, -0.1) is 0 Å². The van der Waals surface area contributed by atoms with E-state index in [1.54, 1.807) is 6.20 Å². The number of carboxylic acid groups (broad SMARTS) is 1. The van der Waals surface area contributed by atoms with E-state index in [1.807, 2.05) is 69.3 Å². The number of aromatic nitrogens is 1. The average Bonchev–Trinajstić information content (AvgIpc) is 2.77. The lowest BCUT2D eigenvalue weighted by atomic mass is 9.87. The summed E-state index contributed by atoms with van der Waals surface area (Å²) in [5, 5.41) is 12.8. The molecule has 33 heavy (non-hydrogen) atoms. The Bertz CT molecular complexity index is 1390. The van der Waals surface area contributed by atoms with Crippen molar-refractivity contribution in [2.45, 2.75) is 38.9 Å². The average molecular weight is 443 g/mol. The molecule has 0 fully saturated rings. The molecule has 0 amide bonds. The van der Waals surface area contributed by atoms with Gasteiger partial charge in [0, 0.05) is 40.2 Å². The van der Waals surface area contributed by atoms with Gasteiger partial charge in [-0.1, -0.05) is 24.3 Å². The van der Waals surface area contributed by atoms with Crippen LogP contribution < -0.4 is 10.5 Å². The Balaban J connectivity index is 1.88. The summed E-state index contributed by atoms with van der Waals surface area (Å²) in [5.74, 6) is -0.251. The SMILES string of the molecule is CC(C)(C)O[C@H](C(=O)O)c1ccc2c(N)cccc2c1-c1ccc2c3c(ccnc13)CCO2. The number of carbonyl (C=O) groups is 1. The van der Waals surface area contributed by atoms with E-state index < -0.39 is 17.7 Å². The molecule has 0 saturated heterocycles. The van der Waals surface area contributed by atoms with Gasteiger partial charge in [0.25, 0.3) is 0 Å². The zero-order valence-electron chi connectivity index (χ0n) is 18.9. The van der Waals surface area contributed by atoms with Crippen LogP contribution in [0.5, 0.6) is 5.75 Å². The van der Waals surface area contributed by atoms with Crippen LogP contribution in [0.1, 0.15) is 38.0 Å². The van der Waals surface area contributed by atoms with Gasteiger partial charge < -0.3 is 20.3 Å². The summed E-state index contributed by atoms with van der Waals surface area (Å²) in [6.07, 6.45) is 1.44. The van der Waals surface area contributed by atoms with E-state index in [1.165, 1.54) is 5.56 Å². The fourth-order valence-corrected chi connectivity index (χ4v) is 4.62. The van der Waals surface area contributed by atoms with E-state index in [2.05, 4.69) is 0 Å². The molecule has 0 radical (unpaired) electrons. The Morgan fingerprint density at radius 3 is 2.70 bits per heavy atom. The molecule has 0 aliphatic carbocycles. The normalized spacial score (nSPS) is 14.3. The number of hydrogen-bond donors (Lipinski definition) is 2. The number of benzene rings is 3. The second-order valence-electron chi connectivity index (χ2n) is 9.32. The second-order valence-corrected chi connectivity index (χ2v) is 9.32. The number of nitrogens with zero attached hydrogens (tertiary/aromatic N) is 1. The molecule has 6 nitrogen and oxygen atoms in total. The van der Waals surface area contributed by atoms with Gasteiger partial charge in [0.2, 0.25) is 0 Å². The van der Waals surface area contributed by atoms with Crippen LogP contribution in [0.2, 0.25) is 0 Å². The maximum absolute atomic E-state index is 12.4.